The number of nitrogens with one attached hydrogen (secondary N) is 1. The number of anilines is 1. The molecule has 100 valence electrons. The maximum absolute atomic E-state index is 12.0. The van der Waals surface area contributed by atoms with Gasteiger partial charge in [-0.1, -0.05) is 17.3 Å². The van der Waals surface area contributed by atoms with E-state index in [1.807, 2.05) is 24.3 Å². The largest absolute Gasteiger partial charge is 0.323 e. The number of hydrogen-bond donors (Lipinski definition) is 1. The summed E-state index contributed by atoms with van der Waals surface area (Å²) >= 11 is 3.38. The maximum atomic E-state index is 12.0. The topological polar surface area (TPSA) is 72.7 Å². The third-order valence-corrected chi connectivity index (χ3v) is 3.16. The normalized spacial score (nSPS) is 10.7. The Kier molecular flexibility index (Phi) is 3.42. The summed E-state index contributed by atoms with van der Waals surface area (Å²) in [5, 5.41) is 11.2. The lowest BCUT2D eigenvalue weighted by Crippen LogP contribution is -2.19. The Hall–Kier alpha value is -2.28. The van der Waals surface area contributed by atoms with Crippen LogP contribution in [0.25, 0.3) is 10.9 Å². The number of pyridine rings is 1. The van der Waals surface area contributed by atoms with Crippen molar-refractivity contribution in [2.24, 2.45) is 0 Å². The van der Waals surface area contributed by atoms with Gasteiger partial charge in [0.2, 0.25) is 5.91 Å². The molecule has 2 aromatic heterocycles. The lowest BCUT2D eigenvalue weighted by molar-refractivity contribution is -0.116. The maximum Gasteiger partial charge on any atom is 0.246 e. The average Bonchev–Trinajstić information content (AvgIpc) is 2.91. The van der Waals surface area contributed by atoms with Crippen LogP contribution in [-0.2, 0) is 11.3 Å². The number of hydrogen-bond acceptors (Lipinski definition) is 4. The van der Waals surface area contributed by atoms with Gasteiger partial charge in [-0.2, -0.15) is 0 Å². The Morgan fingerprint density at radius 2 is 2.30 bits per heavy atom. The second kappa shape index (κ2) is 5.38. The minimum absolute atomic E-state index is 0.118. The zero-order chi connectivity index (χ0) is 13.9. The molecule has 0 saturated heterocycles. The van der Waals surface area contributed by atoms with E-state index in [1.165, 1.54) is 10.9 Å². The monoisotopic (exact) mass is 331 g/mol. The van der Waals surface area contributed by atoms with Crippen LogP contribution in [0, 0.1) is 0 Å². The van der Waals surface area contributed by atoms with E-state index in [9.17, 15) is 4.79 Å². The third-order valence-electron chi connectivity index (χ3n) is 2.73. The van der Waals surface area contributed by atoms with Gasteiger partial charge >= 0.3 is 0 Å². The highest BCUT2D eigenvalue weighted by Crippen LogP contribution is 2.23. The van der Waals surface area contributed by atoms with Crippen molar-refractivity contribution >= 4 is 38.4 Å². The minimum Gasteiger partial charge on any atom is -0.323 e. The van der Waals surface area contributed by atoms with Gasteiger partial charge in [-0.25, -0.2) is 4.68 Å². The van der Waals surface area contributed by atoms with Crippen molar-refractivity contribution in [1.29, 1.82) is 0 Å². The molecule has 7 heteroatoms. The molecule has 0 spiro atoms. The summed E-state index contributed by atoms with van der Waals surface area (Å²) in [6, 6.07) is 7.60. The number of halogens is 1. The van der Waals surface area contributed by atoms with Crippen molar-refractivity contribution in [3.05, 3.63) is 47.3 Å². The fourth-order valence-corrected chi connectivity index (χ4v) is 2.24. The number of rotatable bonds is 3. The molecule has 1 amide bonds. The van der Waals surface area contributed by atoms with E-state index in [-0.39, 0.29) is 12.5 Å². The number of fused-ring (bicyclic) bond motifs is 1. The number of para-hydroxylation sites is 1. The molecule has 0 atom stereocenters. The van der Waals surface area contributed by atoms with Crippen molar-refractivity contribution in [2.75, 3.05) is 5.32 Å². The molecule has 20 heavy (non-hydrogen) atoms. The van der Waals surface area contributed by atoms with Crippen molar-refractivity contribution in [1.82, 2.24) is 20.0 Å². The highest BCUT2D eigenvalue weighted by Gasteiger charge is 2.08. The Morgan fingerprint density at radius 1 is 1.40 bits per heavy atom. The Bertz CT molecular complexity index is 757. The molecule has 0 aliphatic heterocycles. The number of carbonyl (C=O) groups is 1. The molecular weight excluding hydrogens is 322 g/mol. The molecule has 0 aliphatic carbocycles. The highest BCUT2D eigenvalue weighted by atomic mass is 79.9. The molecular formula is C13H10BrN5O. The van der Waals surface area contributed by atoms with Crippen LogP contribution in [0.1, 0.15) is 0 Å². The van der Waals surface area contributed by atoms with E-state index in [1.54, 1.807) is 12.4 Å². The average molecular weight is 332 g/mol. The smallest absolute Gasteiger partial charge is 0.246 e. The number of benzene rings is 1. The Balaban J connectivity index is 1.85. The first-order valence-electron chi connectivity index (χ1n) is 5.90. The van der Waals surface area contributed by atoms with Crippen LogP contribution in [0.3, 0.4) is 0 Å². The van der Waals surface area contributed by atoms with E-state index >= 15 is 0 Å². The summed E-state index contributed by atoms with van der Waals surface area (Å²) < 4.78 is 2.36. The molecule has 0 saturated carbocycles. The van der Waals surface area contributed by atoms with Crippen LogP contribution in [0.15, 0.2) is 47.3 Å². The number of nitrogens with zero attached hydrogens (tertiary/aromatic N) is 4. The quantitative estimate of drug-likeness (QED) is 0.798. The highest BCUT2D eigenvalue weighted by molar-refractivity contribution is 9.10. The van der Waals surface area contributed by atoms with Crippen molar-refractivity contribution in [3.63, 3.8) is 0 Å². The van der Waals surface area contributed by atoms with E-state index < -0.39 is 0 Å². The van der Waals surface area contributed by atoms with Gasteiger partial charge in [-0.05, 0) is 28.1 Å². The molecule has 0 fully saturated rings. The molecule has 0 unspecified atom stereocenters. The molecule has 0 aliphatic rings. The lowest BCUT2D eigenvalue weighted by atomic mass is 10.2. The van der Waals surface area contributed by atoms with Crippen LogP contribution in [-0.4, -0.2) is 25.9 Å². The van der Waals surface area contributed by atoms with Gasteiger partial charge in [0.1, 0.15) is 6.54 Å². The molecule has 3 rings (SSSR count). The summed E-state index contributed by atoms with van der Waals surface area (Å²) in [5.74, 6) is -0.173. The first kappa shape index (κ1) is 12.7. The summed E-state index contributed by atoms with van der Waals surface area (Å²) in [5.41, 5.74) is 1.43. The Morgan fingerprint density at radius 3 is 3.10 bits per heavy atom. The van der Waals surface area contributed by atoms with Gasteiger partial charge in [0.05, 0.1) is 17.4 Å². The van der Waals surface area contributed by atoms with Gasteiger partial charge in [0.15, 0.2) is 0 Å². The fraction of sp³-hybridized carbons (Fsp3) is 0.0769. The molecule has 1 N–H and O–H groups in total. The second-order valence-electron chi connectivity index (χ2n) is 4.18. The van der Waals surface area contributed by atoms with E-state index in [4.69, 9.17) is 0 Å². The Labute approximate surface area is 122 Å². The number of amides is 1. The molecule has 1 aromatic carbocycles. The van der Waals surface area contributed by atoms with Crippen LogP contribution in [0.2, 0.25) is 0 Å². The lowest BCUT2D eigenvalue weighted by Gasteiger charge is -2.08. The van der Waals surface area contributed by atoms with Crippen LogP contribution in [0.4, 0.5) is 5.69 Å². The van der Waals surface area contributed by atoms with Gasteiger partial charge < -0.3 is 5.32 Å². The fourth-order valence-electron chi connectivity index (χ4n) is 1.89. The van der Waals surface area contributed by atoms with Gasteiger partial charge in [0, 0.05) is 22.3 Å². The van der Waals surface area contributed by atoms with Crippen molar-refractivity contribution in [2.45, 2.75) is 6.54 Å². The first-order valence-corrected chi connectivity index (χ1v) is 6.70. The summed E-state index contributed by atoms with van der Waals surface area (Å²) in [7, 11) is 0. The SMILES string of the molecule is O=C(Cn1ccnn1)Nc1cccc2cc(Br)cnc12. The van der Waals surface area contributed by atoms with Gasteiger partial charge in [-0.15, -0.1) is 5.10 Å². The van der Waals surface area contributed by atoms with Gasteiger partial charge in [-0.3, -0.25) is 9.78 Å². The standard InChI is InChI=1S/C13H10BrN5O/c14-10-6-9-2-1-3-11(13(9)15-7-10)17-12(20)8-19-5-4-16-18-19/h1-7H,8H2,(H,17,20). The summed E-state index contributed by atoms with van der Waals surface area (Å²) in [4.78, 5) is 16.3. The molecule has 3 aromatic rings. The zero-order valence-corrected chi connectivity index (χ0v) is 11.9. The van der Waals surface area contributed by atoms with E-state index in [0.29, 0.717) is 5.69 Å². The molecule has 0 bridgehead atoms. The van der Waals surface area contributed by atoms with E-state index in [0.717, 1.165) is 15.4 Å². The molecule has 2 heterocycles. The predicted octanol–water partition coefficient (Wildman–Crippen LogP) is 2.23. The molecule has 6 nitrogen and oxygen atoms in total. The zero-order valence-electron chi connectivity index (χ0n) is 10.3. The summed E-state index contributed by atoms with van der Waals surface area (Å²) in [6.07, 6.45) is 4.87. The minimum atomic E-state index is -0.173. The molecule has 0 radical (unpaired) electrons. The predicted molar refractivity (Wildman–Crippen MR) is 78.1 cm³/mol. The number of carbonyl (C=O) groups excluding carboxylic acids is 1. The van der Waals surface area contributed by atoms with Crippen LogP contribution >= 0.6 is 15.9 Å². The van der Waals surface area contributed by atoms with Crippen LogP contribution < -0.4 is 5.32 Å². The third kappa shape index (κ3) is 2.67. The van der Waals surface area contributed by atoms with Crippen LogP contribution in [0.5, 0.6) is 0 Å². The summed E-state index contributed by atoms with van der Waals surface area (Å²) in [6.45, 7) is 0.118. The number of aromatic nitrogens is 4. The van der Waals surface area contributed by atoms with Crippen molar-refractivity contribution in [3.8, 4) is 0 Å². The first-order chi connectivity index (χ1) is 9.72. The van der Waals surface area contributed by atoms with Crippen molar-refractivity contribution < 1.29 is 4.79 Å². The van der Waals surface area contributed by atoms with E-state index in [2.05, 4.69) is 36.5 Å². The second-order valence-corrected chi connectivity index (χ2v) is 5.10. The van der Waals surface area contributed by atoms with Gasteiger partial charge in [0.25, 0.3) is 0 Å².